The predicted molar refractivity (Wildman–Crippen MR) is 77.7 cm³/mol. The van der Waals surface area contributed by atoms with Gasteiger partial charge in [0.05, 0.1) is 13.2 Å². The molecule has 108 valence electrons. The topological polar surface area (TPSA) is 48.3 Å². The number of hydrogen-bond donors (Lipinski definition) is 1. The van der Waals surface area contributed by atoms with Crippen molar-refractivity contribution in [3.8, 4) is 5.75 Å². The first-order chi connectivity index (χ1) is 9.88. The number of hydrogen-bond acceptors (Lipinski definition) is 4. The van der Waals surface area contributed by atoms with Gasteiger partial charge in [-0.25, -0.2) is 0 Å². The Kier molecular flexibility index (Phi) is 6.07. The van der Waals surface area contributed by atoms with Crippen molar-refractivity contribution in [2.75, 3.05) is 26.9 Å². The highest BCUT2D eigenvalue weighted by Crippen LogP contribution is 2.13. The zero-order valence-electron chi connectivity index (χ0n) is 11.8. The minimum absolute atomic E-state index is 0.613. The fourth-order valence-corrected chi connectivity index (χ4v) is 1.84. The fraction of sp³-hybridized carbons (Fsp3) is 0.400. The van der Waals surface area contributed by atoms with E-state index in [-0.39, 0.29) is 0 Å². The summed E-state index contributed by atoms with van der Waals surface area (Å²) >= 11 is 0. The average molecular weight is 275 g/mol. The molecule has 0 aliphatic heterocycles. The minimum Gasteiger partial charge on any atom is -0.492 e. The highest BCUT2D eigenvalue weighted by Gasteiger charge is 1.98. The van der Waals surface area contributed by atoms with Gasteiger partial charge in [0.2, 0.25) is 0 Å². The predicted octanol–water partition coefficient (Wildman–Crippen LogP) is 1.70. The summed E-state index contributed by atoms with van der Waals surface area (Å²) in [5.74, 6) is 0.892. The van der Waals surface area contributed by atoms with E-state index in [4.69, 9.17) is 9.47 Å². The van der Waals surface area contributed by atoms with Gasteiger partial charge in [-0.05, 0) is 23.8 Å². The molecule has 0 saturated carbocycles. The van der Waals surface area contributed by atoms with Gasteiger partial charge in [-0.2, -0.15) is 5.10 Å². The quantitative estimate of drug-likeness (QED) is 0.708. The van der Waals surface area contributed by atoms with Crippen LogP contribution in [0.25, 0.3) is 0 Å². The van der Waals surface area contributed by atoms with Gasteiger partial charge in [0.1, 0.15) is 12.4 Å². The van der Waals surface area contributed by atoms with Gasteiger partial charge in [0, 0.05) is 32.6 Å². The molecule has 1 aromatic heterocycles. The van der Waals surface area contributed by atoms with Crippen molar-refractivity contribution >= 4 is 0 Å². The van der Waals surface area contributed by atoms with E-state index < -0.39 is 0 Å². The molecular weight excluding hydrogens is 254 g/mol. The van der Waals surface area contributed by atoms with E-state index in [0.717, 1.165) is 32.0 Å². The van der Waals surface area contributed by atoms with E-state index in [1.165, 1.54) is 5.56 Å². The SMILES string of the molecule is COCCNCc1cccc(OCCn2cccn2)c1. The van der Waals surface area contributed by atoms with Crippen LogP contribution in [0.15, 0.2) is 42.7 Å². The molecule has 0 radical (unpaired) electrons. The summed E-state index contributed by atoms with van der Waals surface area (Å²) in [5.41, 5.74) is 1.21. The average Bonchev–Trinajstić information content (AvgIpc) is 2.97. The van der Waals surface area contributed by atoms with Crippen LogP contribution in [-0.4, -0.2) is 36.6 Å². The zero-order valence-corrected chi connectivity index (χ0v) is 11.8. The molecule has 0 atom stereocenters. The molecule has 5 nitrogen and oxygen atoms in total. The summed E-state index contributed by atoms with van der Waals surface area (Å²) in [5, 5.41) is 7.45. The standard InChI is InChI=1S/C15H21N3O2/c1-19-10-7-16-13-14-4-2-5-15(12-14)20-11-9-18-8-3-6-17-18/h2-6,8,12,16H,7,9-11,13H2,1H3. The number of methoxy groups -OCH3 is 1. The molecule has 0 spiro atoms. The van der Waals surface area contributed by atoms with Gasteiger partial charge in [-0.1, -0.05) is 12.1 Å². The van der Waals surface area contributed by atoms with Crippen molar-refractivity contribution in [1.82, 2.24) is 15.1 Å². The molecule has 0 saturated heterocycles. The second-order valence-corrected chi connectivity index (χ2v) is 4.43. The van der Waals surface area contributed by atoms with E-state index >= 15 is 0 Å². The lowest BCUT2D eigenvalue weighted by Gasteiger charge is -2.09. The largest absolute Gasteiger partial charge is 0.492 e. The van der Waals surface area contributed by atoms with Gasteiger partial charge >= 0.3 is 0 Å². The molecule has 1 aromatic carbocycles. The molecule has 0 fully saturated rings. The number of nitrogens with zero attached hydrogens (tertiary/aromatic N) is 2. The van der Waals surface area contributed by atoms with E-state index in [2.05, 4.69) is 22.5 Å². The zero-order chi connectivity index (χ0) is 14.0. The normalized spacial score (nSPS) is 10.7. The van der Waals surface area contributed by atoms with E-state index in [1.54, 1.807) is 13.3 Å². The van der Waals surface area contributed by atoms with Crippen molar-refractivity contribution in [2.45, 2.75) is 13.1 Å². The molecule has 0 amide bonds. The molecule has 0 aliphatic carbocycles. The highest BCUT2D eigenvalue weighted by molar-refractivity contribution is 5.28. The van der Waals surface area contributed by atoms with Crippen molar-refractivity contribution in [2.24, 2.45) is 0 Å². The van der Waals surface area contributed by atoms with Crippen molar-refractivity contribution in [3.05, 3.63) is 48.3 Å². The summed E-state index contributed by atoms with van der Waals surface area (Å²) in [6.45, 7) is 3.76. The highest BCUT2D eigenvalue weighted by atomic mass is 16.5. The number of benzene rings is 1. The number of rotatable bonds is 9. The Morgan fingerprint density at radius 3 is 3.00 bits per heavy atom. The van der Waals surface area contributed by atoms with Gasteiger partial charge in [0.25, 0.3) is 0 Å². The first kappa shape index (κ1) is 14.6. The van der Waals surface area contributed by atoms with E-state index in [9.17, 15) is 0 Å². The molecule has 0 unspecified atom stereocenters. The summed E-state index contributed by atoms with van der Waals surface area (Å²) in [6.07, 6.45) is 3.70. The molecule has 20 heavy (non-hydrogen) atoms. The third-order valence-corrected chi connectivity index (χ3v) is 2.86. The molecule has 2 rings (SSSR count). The van der Waals surface area contributed by atoms with Crippen LogP contribution in [0.1, 0.15) is 5.56 Å². The van der Waals surface area contributed by atoms with Gasteiger partial charge in [-0.3, -0.25) is 4.68 Å². The first-order valence-electron chi connectivity index (χ1n) is 6.77. The Labute approximate surface area is 119 Å². The smallest absolute Gasteiger partial charge is 0.119 e. The molecule has 1 N–H and O–H groups in total. The maximum atomic E-state index is 5.73. The Bertz CT molecular complexity index is 486. The lowest BCUT2D eigenvalue weighted by atomic mass is 10.2. The Morgan fingerprint density at radius 1 is 1.25 bits per heavy atom. The van der Waals surface area contributed by atoms with Gasteiger partial charge < -0.3 is 14.8 Å². The molecule has 2 aromatic rings. The summed E-state index contributed by atoms with van der Waals surface area (Å²) in [6, 6.07) is 10.0. The van der Waals surface area contributed by atoms with Gasteiger partial charge in [0.15, 0.2) is 0 Å². The third kappa shape index (κ3) is 5.03. The second-order valence-electron chi connectivity index (χ2n) is 4.43. The van der Waals surface area contributed by atoms with E-state index in [0.29, 0.717) is 6.61 Å². The van der Waals surface area contributed by atoms with Gasteiger partial charge in [-0.15, -0.1) is 0 Å². The van der Waals surface area contributed by atoms with Crippen LogP contribution >= 0.6 is 0 Å². The molecule has 0 aliphatic rings. The lowest BCUT2D eigenvalue weighted by Crippen LogP contribution is -2.18. The lowest BCUT2D eigenvalue weighted by molar-refractivity contribution is 0.199. The molecule has 0 bridgehead atoms. The van der Waals surface area contributed by atoms with Crippen LogP contribution in [0.5, 0.6) is 5.75 Å². The Balaban J connectivity index is 1.74. The van der Waals surface area contributed by atoms with Crippen LogP contribution in [0.2, 0.25) is 0 Å². The first-order valence-corrected chi connectivity index (χ1v) is 6.77. The maximum Gasteiger partial charge on any atom is 0.119 e. The molecular formula is C15H21N3O2. The summed E-state index contributed by atoms with van der Waals surface area (Å²) in [7, 11) is 1.70. The monoisotopic (exact) mass is 275 g/mol. The molecule has 1 heterocycles. The third-order valence-electron chi connectivity index (χ3n) is 2.86. The van der Waals surface area contributed by atoms with E-state index in [1.807, 2.05) is 29.1 Å². The summed E-state index contributed by atoms with van der Waals surface area (Å²) in [4.78, 5) is 0. The van der Waals surface area contributed by atoms with Crippen LogP contribution in [-0.2, 0) is 17.8 Å². The van der Waals surface area contributed by atoms with Crippen LogP contribution in [0.4, 0.5) is 0 Å². The van der Waals surface area contributed by atoms with Crippen molar-refractivity contribution in [1.29, 1.82) is 0 Å². The summed E-state index contributed by atoms with van der Waals surface area (Å²) < 4.78 is 12.6. The maximum absolute atomic E-state index is 5.73. The van der Waals surface area contributed by atoms with Crippen molar-refractivity contribution in [3.63, 3.8) is 0 Å². The van der Waals surface area contributed by atoms with Crippen molar-refractivity contribution < 1.29 is 9.47 Å². The number of ether oxygens (including phenoxy) is 2. The minimum atomic E-state index is 0.613. The molecule has 5 heteroatoms. The fourth-order valence-electron chi connectivity index (χ4n) is 1.84. The van der Waals surface area contributed by atoms with Crippen LogP contribution < -0.4 is 10.1 Å². The Hall–Kier alpha value is -1.85. The number of aromatic nitrogens is 2. The number of nitrogens with one attached hydrogen (secondary N) is 1. The second kappa shape index (κ2) is 8.35. The van der Waals surface area contributed by atoms with Crippen LogP contribution in [0.3, 0.4) is 0 Å². The van der Waals surface area contributed by atoms with Crippen LogP contribution in [0, 0.1) is 0 Å². The Morgan fingerprint density at radius 2 is 2.20 bits per heavy atom.